The summed E-state index contributed by atoms with van der Waals surface area (Å²) in [5, 5.41) is 13.6. The van der Waals surface area contributed by atoms with Crippen molar-refractivity contribution in [2.24, 2.45) is 0 Å². The zero-order valence-electron chi connectivity index (χ0n) is 10.4. The summed E-state index contributed by atoms with van der Waals surface area (Å²) in [6, 6.07) is 9.04. The fraction of sp³-hybridized carbons (Fsp3) is 0.417. The highest BCUT2D eigenvalue weighted by Gasteiger charge is 2.63. The number of hydrogen-bond donors (Lipinski definition) is 1. The van der Waals surface area contributed by atoms with Gasteiger partial charge in [0, 0.05) is 0 Å². The zero-order chi connectivity index (χ0) is 14.2. The monoisotopic (exact) mass is 283 g/mol. The molecule has 5 nitrogen and oxygen atoms in total. The molecule has 1 fully saturated rings. The number of hydrogen-bond acceptors (Lipinski definition) is 4. The molecule has 0 saturated heterocycles. The Balaban J connectivity index is 1.76. The Kier molecular flexibility index (Phi) is 2.97. The van der Waals surface area contributed by atoms with Gasteiger partial charge in [-0.05, 0) is 35.4 Å². The van der Waals surface area contributed by atoms with Gasteiger partial charge < -0.3 is 0 Å². The third kappa shape index (κ3) is 2.26. The van der Waals surface area contributed by atoms with Crippen LogP contribution in [0.5, 0.6) is 0 Å². The molecular formula is C12H12F3N5. The first-order valence-corrected chi connectivity index (χ1v) is 6.16. The lowest BCUT2D eigenvalue weighted by Gasteiger charge is -2.20. The molecule has 1 aromatic heterocycles. The quantitative estimate of drug-likeness (QED) is 0.930. The lowest BCUT2D eigenvalue weighted by atomic mass is 10.2. The van der Waals surface area contributed by atoms with Gasteiger partial charge in [-0.25, -0.2) is 0 Å². The first-order chi connectivity index (χ1) is 9.52. The average molecular weight is 283 g/mol. The highest BCUT2D eigenvalue weighted by Crippen LogP contribution is 2.48. The Labute approximate surface area is 112 Å². The minimum Gasteiger partial charge on any atom is -0.296 e. The number of aromatic nitrogens is 4. The SMILES string of the molecule is FC(F)(F)C1(NCc2nnnn2-c2ccccc2)CC1. The second-order valence-corrected chi connectivity index (χ2v) is 4.78. The van der Waals surface area contributed by atoms with Gasteiger partial charge in [-0.15, -0.1) is 5.10 Å². The van der Waals surface area contributed by atoms with E-state index < -0.39 is 11.7 Å². The van der Waals surface area contributed by atoms with E-state index in [9.17, 15) is 13.2 Å². The molecule has 0 radical (unpaired) electrons. The third-order valence-corrected chi connectivity index (χ3v) is 3.41. The molecule has 2 aromatic rings. The van der Waals surface area contributed by atoms with Crippen molar-refractivity contribution < 1.29 is 13.2 Å². The van der Waals surface area contributed by atoms with Crippen LogP contribution in [-0.2, 0) is 6.54 Å². The molecule has 0 amide bonds. The highest BCUT2D eigenvalue weighted by molar-refractivity contribution is 5.30. The summed E-state index contributed by atoms with van der Waals surface area (Å²) in [6.45, 7) is -0.0264. The van der Waals surface area contributed by atoms with Gasteiger partial charge >= 0.3 is 6.18 Å². The second kappa shape index (κ2) is 4.55. The molecule has 1 heterocycles. The number of halogens is 3. The summed E-state index contributed by atoms with van der Waals surface area (Å²) < 4.78 is 39.9. The predicted octanol–water partition coefficient (Wildman–Crippen LogP) is 1.85. The summed E-state index contributed by atoms with van der Waals surface area (Å²) >= 11 is 0. The van der Waals surface area contributed by atoms with Crippen molar-refractivity contribution in [3.8, 4) is 5.69 Å². The number of para-hydroxylation sites is 1. The third-order valence-electron chi connectivity index (χ3n) is 3.41. The molecule has 1 saturated carbocycles. The number of tetrazole rings is 1. The number of nitrogens with zero attached hydrogens (tertiary/aromatic N) is 4. The van der Waals surface area contributed by atoms with Crippen LogP contribution in [0.15, 0.2) is 30.3 Å². The highest BCUT2D eigenvalue weighted by atomic mass is 19.4. The molecule has 106 valence electrons. The lowest BCUT2D eigenvalue weighted by Crippen LogP contribution is -2.44. The van der Waals surface area contributed by atoms with Gasteiger partial charge in [0.25, 0.3) is 0 Å². The maximum absolute atomic E-state index is 12.8. The number of benzene rings is 1. The number of rotatable bonds is 4. The van der Waals surface area contributed by atoms with Crippen molar-refractivity contribution in [3.05, 3.63) is 36.2 Å². The summed E-state index contributed by atoms with van der Waals surface area (Å²) in [7, 11) is 0. The van der Waals surface area contributed by atoms with Crippen molar-refractivity contribution >= 4 is 0 Å². The van der Waals surface area contributed by atoms with Crippen molar-refractivity contribution in [1.29, 1.82) is 0 Å². The first-order valence-electron chi connectivity index (χ1n) is 6.16. The fourth-order valence-electron chi connectivity index (χ4n) is 2.02. The Morgan fingerprint density at radius 3 is 2.50 bits per heavy atom. The molecule has 1 aliphatic rings. The van der Waals surface area contributed by atoms with Crippen LogP contribution in [-0.4, -0.2) is 31.9 Å². The van der Waals surface area contributed by atoms with Crippen LogP contribution >= 0.6 is 0 Å². The molecule has 0 spiro atoms. The van der Waals surface area contributed by atoms with Crippen molar-refractivity contribution in [3.63, 3.8) is 0 Å². The Morgan fingerprint density at radius 2 is 1.90 bits per heavy atom. The van der Waals surface area contributed by atoms with E-state index in [2.05, 4.69) is 20.8 Å². The van der Waals surface area contributed by atoms with Gasteiger partial charge in [0.2, 0.25) is 0 Å². The summed E-state index contributed by atoms with van der Waals surface area (Å²) in [5.74, 6) is 0.353. The molecule has 0 unspecified atom stereocenters. The van der Waals surface area contributed by atoms with Crippen molar-refractivity contribution in [2.75, 3.05) is 0 Å². The van der Waals surface area contributed by atoms with Crippen LogP contribution in [0.25, 0.3) is 5.69 Å². The van der Waals surface area contributed by atoms with Crippen molar-refractivity contribution in [2.45, 2.75) is 31.1 Å². The Hall–Kier alpha value is -1.96. The molecule has 1 aromatic carbocycles. The molecule has 20 heavy (non-hydrogen) atoms. The molecule has 1 N–H and O–H groups in total. The maximum atomic E-state index is 12.8. The number of nitrogens with one attached hydrogen (secondary N) is 1. The predicted molar refractivity (Wildman–Crippen MR) is 64.0 cm³/mol. The summed E-state index contributed by atoms with van der Waals surface area (Å²) in [5.41, 5.74) is -1.05. The van der Waals surface area contributed by atoms with Crippen LogP contribution in [0.4, 0.5) is 13.2 Å². The van der Waals surface area contributed by atoms with Crippen LogP contribution in [0.3, 0.4) is 0 Å². The summed E-state index contributed by atoms with van der Waals surface area (Å²) in [6.07, 6.45) is -4.04. The molecular weight excluding hydrogens is 271 g/mol. The normalized spacial score (nSPS) is 17.1. The van der Waals surface area contributed by atoms with Gasteiger partial charge in [0.1, 0.15) is 5.54 Å². The van der Waals surface area contributed by atoms with E-state index in [-0.39, 0.29) is 19.4 Å². The van der Waals surface area contributed by atoms with Gasteiger partial charge in [0.15, 0.2) is 5.82 Å². The van der Waals surface area contributed by atoms with E-state index in [4.69, 9.17) is 0 Å². The molecule has 1 aliphatic carbocycles. The average Bonchev–Trinajstić information content (AvgIpc) is 3.09. The van der Waals surface area contributed by atoms with E-state index in [0.29, 0.717) is 11.5 Å². The number of alkyl halides is 3. The molecule has 0 atom stereocenters. The topological polar surface area (TPSA) is 55.6 Å². The maximum Gasteiger partial charge on any atom is 0.406 e. The molecule has 8 heteroatoms. The zero-order valence-corrected chi connectivity index (χ0v) is 10.4. The van der Waals surface area contributed by atoms with E-state index in [1.807, 2.05) is 18.2 Å². The van der Waals surface area contributed by atoms with Gasteiger partial charge in [-0.3, -0.25) is 5.32 Å². The minimum absolute atomic E-state index is 0.0264. The van der Waals surface area contributed by atoms with Crippen LogP contribution in [0, 0.1) is 0 Å². The van der Waals surface area contributed by atoms with Gasteiger partial charge in [-0.1, -0.05) is 18.2 Å². The fourth-order valence-corrected chi connectivity index (χ4v) is 2.02. The van der Waals surface area contributed by atoms with Crippen LogP contribution in [0.1, 0.15) is 18.7 Å². The first kappa shape index (κ1) is 13.0. The van der Waals surface area contributed by atoms with Crippen molar-refractivity contribution in [1.82, 2.24) is 25.5 Å². The van der Waals surface area contributed by atoms with Crippen LogP contribution in [0.2, 0.25) is 0 Å². The van der Waals surface area contributed by atoms with Gasteiger partial charge in [-0.2, -0.15) is 17.9 Å². The largest absolute Gasteiger partial charge is 0.406 e. The Morgan fingerprint density at radius 1 is 1.20 bits per heavy atom. The van der Waals surface area contributed by atoms with Gasteiger partial charge in [0.05, 0.1) is 12.2 Å². The lowest BCUT2D eigenvalue weighted by molar-refractivity contribution is -0.166. The standard InChI is InChI=1S/C12H12F3N5/c13-12(14,15)11(6-7-11)16-8-10-17-18-19-20(10)9-4-2-1-3-5-9/h1-5,16H,6-8H2. The van der Waals surface area contributed by atoms with E-state index >= 15 is 0 Å². The Bertz CT molecular complexity index is 589. The molecule has 0 bridgehead atoms. The minimum atomic E-state index is -4.24. The van der Waals surface area contributed by atoms with E-state index in [1.54, 1.807) is 12.1 Å². The molecule has 0 aliphatic heterocycles. The van der Waals surface area contributed by atoms with Crippen LogP contribution < -0.4 is 5.32 Å². The second-order valence-electron chi connectivity index (χ2n) is 4.78. The molecule has 3 rings (SSSR count). The van der Waals surface area contributed by atoms with E-state index in [1.165, 1.54) is 4.68 Å². The van der Waals surface area contributed by atoms with E-state index in [0.717, 1.165) is 0 Å². The smallest absolute Gasteiger partial charge is 0.296 e. The summed E-state index contributed by atoms with van der Waals surface area (Å²) in [4.78, 5) is 0.